The fourth-order valence-corrected chi connectivity index (χ4v) is 2.98. The number of halogens is 1. The zero-order chi connectivity index (χ0) is 22.2. The number of ether oxygens (including phenoxy) is 2. The summed E-state index contributed by atoms with van der Waals surface area (Å²) in [5.41, 5.74) is 4.75. The highest BCUT2D eigenvalue weighted by Gasteiger charge is 2.06. The normalized spacial score (nSPS) is 10.9. The lowest BCUT2D eigenvalue weighted by atomic mass is 10.2. The molecule has 0 saturated heterocycles. The second-order valence-electron chi connectivity index (χ2n) is 6.90. The molecule has 32 heavy (non-hydrogen) atoms. The first-order chi connectivity index (χ1) is 15.7. The molecule has 0 fully saturated rings. The minimum atomic E-state index is -0.391. The van der Waals surface area contributed by atoms with Gasteiger partial charge in [-0.05, 0) is 47.5 Å². The molecule has 4 rings (SSSR count). The Bertz CT molecular complexity index is 1240. The Morgan fingerprint density at radius 1 is 1.00 bits per heavy atom. The monoisotopic (exact) mass is 429 g/mol. The molecule has 0 aliphatic carbocycles. The summed E-state index contributed by atoms with van der Waals surface area (Å²) in [6, 6.07) is 22.7. The maximum atomic E-state index is 13.0. The van der Waals surface area contributed by atoms with Gasteiger partial charge in [0.15, 0.2) is 6.61 Å². The van der Waals surface area contributed by atoms with E-state index in [-0.39, 0.29) is 12.4 Å². The number of fused-ring (bicyclic) bond motifs is 1. The third-order valence-corrected chi connectivity index (χ3v) is 4.53. The van der Waals surface area contributed by atoms with Crippen molar-refractivity contribution in [1.29, 1.82) is 0 Å². The third kappa shape index (κ3) is 5.66. The number of pyridine rings is 1. The number of rotatable bonds is 8. The van der Waals surface area contributed by atoms with Crippen molar-refractivity contribution < 1.29 is 18.7 Å². The van der Waals surface area contributed by atoms with Gasteiger partial charge in [-0.15, -0.1) is 0 Å². The van der Waals surface area contributed by atoms with E-state index in [0.29, 0.717) is 23.6 Å². The molecule has 0 atom stereocenters. The molecule has 1 N–H and O–H groups in total. The van der Waals surface area contributed by atoms with Crippen LogP contribution in [0.25, 0.3) is 10.9 Å². The highest BCUT2D eigenvalue weighted by molar-refractivity contribution is 5.85. The number of carbonyl (C=O) groups excluding carboxylic acids is 1. The number of nitrogens with one attached hydrogen (secondary N) is 1. The molecular formula is C25H20FN3O3. The predicted molar refractivity (Wildman–Crippen MR) is 120 cm³/mol. The molecule has 4 aromatic rings. The Labute approximate surface area is 184 Å². The first-order valence-corrected chi connectivity index (χ1v) is 9.93. The molecule has 0 spiro atoms. The molecule has 0 radical (unpaired) electrons. The summed E-state index contributed by atoms with van der Waals surface area (Å²) in [6.07, 6.45) is 3.19. The summed E-state index contributed by atoms with van der Waals surface area (Å²) in [6.45, 7) is 0.131. The van der Waals surface area contributed by atoms with Gasteiger partial charge < -0.3 is 9.47 Å². The molecular weight excluding hydrogens is 409 g/mol. The molecule has 6 nitrogen and oxygen atoms in total. The van der Waals surface area contributed by atoms with Crippen LogP contribution in [0.1, 0.15) is 11.1 Å². The lowest BCUT2D eigenvalue weighted by Crippen LogP contribution is -2.24. The molecule has 7 heteroatoms. The SMILES string of the molecule is O=C(COc1cccc2cccnc12)N/N=C/c1cccc(OCc2ccc(F)cc2)c1. The van der Waals surface area contributed by atoms with Crippen LogP contribution in [0.15, 0.2) is 90.2 Å². The minimum Gasteiger partial charge on any atom is -0.489 e. The first kappa shape index (κ1) is 21.0. The predicted octanol–water partition coefficient (Wildman–Crippen LogP) is 4.48. The van der Waals surface area contributed by atoms with Crippen molar-refractivity contribution in [2.45, 2.75) is 6.61 Å². The second kappa shape index (κ2) is 10.2. The number of hydrogen-bond donors (Lipinski definition) is 1. The van der Waals surface area contributed by atoms with Crippen molar-refractivity contribution in [3.63, 3.8) is 0 Å². The fourth-order valence-electron chi connectivity index (χ4n) is 2.98. The number of nitrogens with zero attached hydrogens (tertiary/aromatic N) is 2. The fraction of sp³-hybridized carbons (Fsp3) is 0.0800. The van der Waals surface area contributed by atoms with Gasteiger partial charge in [-0.2, -0.15) is 5.10 Å². The summed E-state index contributed by atoms with van der Waals surface area (Å²) in [7, 11) is 0. The molecule has 0 bridgehead atoms. The van der Waals surface area contributed by atoms with Crippen LogP contribution in [0.4, 0.5) is 4.39 Å². The lowest BCUT2D eigenvalue weighted by Gasteiger charge is -2.08. The largest absolute Gasteiger partial charge is 0.489 e. The van der Waals surface area contributed by atoms with Crippen LogP contribution in [0.5, 0.6) is 11.5 Å². The standard InChI is InChI=1S/C25H20FN3O3/c26-21-11-9-18(10-12-21)16-31-22-7-1-4-19(14-22)15-28-29-24(30)17-32-23-8-2-5-20-6-3-13-27-25(20)23/h1-15H,16-17H2,(H,29,30)/b28-15+. The van der Waals surface area contributed by atoms with Crippen molar-refractivity contribution in [1.82, 2.24) is 10.4 Å². The highest BCUT2D eigenvalue weighted by atomic mass is 19.1. The Hall–Kier alpha value is -4.26. The molecule has 0 aliphatic rings. The van der Waals surface area contributed by atoms with Crippen LogP contribution in [-0.4, -0.2) is 23.7 Å². The van der Waals surface area contributed by atoms with Crippen LogP contribution < -0.4 is 14.9 Å². The maximum absolute atomic E-state index is 13.0. The highest BCUT2D eigenvalue weighted by Crippen LogP contribution is 2.22. The zero-order valence-corrected chi connectivity index (χ0v) is 17.1. The van der Waals surface area contributed by atoms with E-state index < -0.39 is 5.91 Å². The van der Waals surface area contributed by atoms with Crippen LogP contribution in [0.3, 0.4) is 0 Å². The van der Waals surface area contributed by atoms with Crippen LogP contribution in [-0.2, 0) is 11.4 Å². The molecule has 1 heterocycles. The van der Waals surface area contributed by atoms with E-state index in [0.717, 1.165) is 16.5 Å². The van der Waals surface area contributed by atoms with Gasteiger partial charge >= 0.3 is 0 Å². The van der Waals surface area contributed by atoms with Crippen molar-refractivity contribution in [3.8, 4) is 11.5 Å². The average Bonchev–Trinajstić information content (AvgIpc) is 2.83. The van der Waals surface area contributed by atoms with Gasteiger partial charge in [-0.3, -0.25) is 9.78 Å². The van der Waals surface area contributed by atoms with Gasteiger partial charge in [-0.25, -0.2) is 9.82 Å². The molecule has 160 valence electrons. The van der Waals surface area contributed by atoms with E-state index >= 15 is 0 Å². The maximum Gasteiger partial charge on any atom is 0.277 e. The Balaban J connectivity index is 1.28. The lowest BCUT2D eigenvalue weighted by molar-refractivity contribution is -0.123. The Morgan fingerprint density at radius 2 is 1.81 bits per heavy atom. The van der Waals surface area contributed by atoms with Crippen LogP contribution in [0, 0.1) is 5.82 Å². The van der Waals surface area contributed by atoms with Crippen molar-refractivity contribution in [2.24, 2.45) is 5.10 Å². The van der Waals surface area contributed by atoms with Gasteiger partial charge in [-0.1, -0.05) is 42.5 Å². The minimum absolute atomic E-state index is 0.187. The van der Waals surface area contributed by atoms with E-state index in [2.05, 4.69) is 15.5 Å². The number of hydrazone groups is 1. The second-order valence-corrected chi connectivity index (χ2v) is 6.90. The topological polar surface area (TPSA) is 72.8 Å². The Morgan fingerprint density at radius 3 is 2.69 bits per heavy atom. The smallest absolute Gasteiger partial charge is 0.277 e. The van der Waals surface area contributed by atoms with Crippen molar-refractivity contribution >= 4 is 23.0 Å². The zero-order valence-electron chi connectivity index (χ0n) is 17.1. The number of carbonyl (C=O) groups is 1. The number of hydrogen-bond acceptors (Lipinski definition) is 5. The first-order valence-electron chi connectivity index (χ1n) is 9.93. The van der Waals surface area contributed by atoms with Gasteiger partial charge in [0.05, 0.1) is 6.21 Å². The Kier molecular flexibility index (Phi) is 6.67. The quantitative estimate of drug-likeness (QED) is 0.331. The molecule has 3 aromatic carbocycles. The summed E-state index contributed by atoms with van der Waals surface area (Å²) in [5, 5.41) is 4.90. The summed E-state index contributed by atoms with van der Waals surface area (Å²) in [4.78, 5) is 16.4. The number of benzene rings is 3. The number of amides is 1. The van der Waals surface area contributed by atoms with E-state index in [9.17, 15) is 9.18 Å². The average molecular weight is 429 g/mol. The van der Waals surface area contributed by atoms with Crippen LogP contribution >= 0.6 is 0 Å². The molecule has 0 aliphatic heterocycles. The van der Waals surface area contributed by atoms with Crippen molar-refractivity contribution in [3.05, 3.63) is 102 Å². The van der Waals surface area contributed by atoms with Crippen LogP contribution in [0.2, 0.25) is 0 Å². The molecule has 0 saturated carbocycles. The van der Waals surface area contributed by atoms with Crippen molar-refractivity contribution in [2.75, 3.05) is 6.61 Å². The van der Waals surface area contributed by atoms with E-state index in [4.69, 9.17) is 9.47 Å². The van der Waals surface area contributed by atoms with Gasteiger partial charge in [0, 0.05) is 11.6 Å². The van der Waals surface area contributed by atoms with E-state index in [1.807, 2.05) is 42.5 Å². The molecule has 0 unspecified atom stereocenters. The summed E-state index contributed by atoms with van der Waals surface area (Å²) < 4.78 is 24.3. The van der Waals surface area contributed by atoms with Gasteiger partial charge in [0.2, 0.25) is 0 Å². The van der Waals surface area contributed by atoms with Gasteiger partial charge in [0.1, 0.15) is 29.4 Å². The molecule has 1 amide bonds. The number of para-hydroxylation sites is 1. The summed E-state index contributed by atoms with van der Waals surface area (Å²) in [5.74, 6) is 0.496. The molecule has 1 aromatic heterocycles. The number of aromatic nitrogens is 1. The summed E-state index contributed by atoms with van der Waals surface area (Å²) >= 11 is 0. The van der Waals surface area contributed by atoms with E-state index in [1.54, 1.807) is 30.5 Å². The van der Waals surface area contributed by atoms with Gasteiger partial charge in [0.25, 0.3) is 5.91 Å². The third-order valence-electron chi connectivity index (χ3n) is 4.53. The van der Waals surface area contributed by atoms with E-state index in [1.165, 1.54) is 18.3 Å².